The molecule has 0 aromatic carbocycles. The van der Waals surface area contributed by atoms with E-state index in [9.17, 15) is 8.78 Å². The number of alkyl halides is 2. The van der Waals surface area contributed by atoms with Gasteiger partial charge in [-0.3, -0.25) is 0 Å². The van der Waals surface area contributed by atoms with Crippen LogP contribution < -0.4 is 0 Å². The highest BCUT2D eigenvalue weighted by molar-refractivity contribution is 9.10. The van der Waals surface area contributed by atoms with Crippen LogP contribution in [0, 0.1) is 11.3 Å². The van der Waals surface area contributed by atoms with Crippen molar-refractivity contribution in [3.63, 3.8) is 0 Å². The maximum absolute atomic E-state index is 12.5. The predicted octanol–water partition coefficient (Wildman–Crippen LogP) is 3.50. The Morgan fingerprint density at radius 3 is 2.79 bits per heavy atom. The molecule has 0 aliphatic heterocycles. The van der Waals surface area contributed by atoms with Crippen molar-refractivity contribution in [3.05, 3.63) is 26.9 Å². The Morgan fingerprint density at radius 1 is 1.64 bits per heavy atom. The lowest BCUT2D eigenvalue weighted by Gasteiger charge is -2.07. The van der Waals surface area contributed by atoms with E-state index < -0.39 is 6.43 Å². The van der Waals surface area contributed by atoms with Gasteiger partial charge in [-0.2, -0.15) is 5.26 Å². The van der Waals surface area contributed by atoms with Gasteiger partial charge in [-0.05, 0) is 15.9 Å². The van der Waals surface area contributed by atoms with Gasteiger partial charge in [0.15, 0.2) is 0 Å². The van der Waals surface area contributed by atoms with Gasteiger partial charge in [0.05, 0.1) is 23.1 Å². The molecule has 1 rings (SSSR count). The Bertz CT molecular complexity index is 390. The number of halogens is 4. The monoisotopic (exact) mass is 280 g/mol. The van der Waals surface area contributed by atoms with Crippen LogP contribution in [0.3, 0.4) is 0 Å². The molecule has 0 aliphatic carbocycles. The first kappa shape index (κ1) is 11.3. The fourth-order valence-corrected chi connectivity index (χ4v) is 1.79. The first-order valence-corrected chi connectivity index (χ1v) is 4.73. The Labute approximate surface area is 92.6 Å². The summed E-state index contributed by atoms with van der Waals surface area (Å²) in [4.78, 5) is 3.68. The van der Waals surface area contributed by atoms with E-state index >= 15 is 0 Å². The molecule has 0 bridgehead atoms. The second-order valence-electron chi connectivity index (χ2n) is 2.44. The average molecular weight is 281 g/mol. The number of nitriles is 1. The van der Waals surface area contributed by atoms with Crippen LogP contribution in [0.1, 0.15) is 17.6 Å². The maximum Gasteiger partial charge on any atom is 0.267 e. The molecule has 74 valence electrons. The SMILES string of the molecule is N#CCc1cnc(Br)c(C(F)F)c1Cl. The number of aromatic nitrogens is 1. The fourth-order valence-electron chi connectivity index (χ4n) is 0.919. The lowest BCUT2D eigenvalue weighted by molar-refractivity contribution is 0.150. The molecule has 14 heavy (non-hydrogen) atoms. The van der Waals surface area contributed by atoms with Gasteiger partial charge in [-0.25, -0.2) is 13.8 Å². The molecule has 1 aromatic heterocycles. The first-order chi connectivity index (χ1) is 6.57. The minimum absolute atomic E-state index is 0.0131. The summed E-state index contributed by atoms with van der Waals surface area (Å²) in [6.45, 7) is 0. The van der Waals surface area contributed by atoms with Gasteiger partial charge >= 0.3 is 0 Å². The second kappa shape index (κ2) is 4.67. The van der Waals surface area contributed by atoms with Gasteiger partial charge in [0.25, 0.3) is 6.43 Å². The van der Waals surface area contributed by atoms with Crippen molar-refractivity contribution >= 4 is 27.5 Å². The lowest BCUT2D eigenvalue weighted by Crippen LogP contribution is -1.96. The number of pyridine rings is 1. The Balaban J connectivity index is 3.28. The Morgan fingerprint density at radius 2 is 2.29 bits per heavy atom. The molecule has 0 N–H and O–H groups in total. The molecule has 1 aromatic rings. The zero-order chi connectivity index (χ0) is 10.7. The maximum atomic E-state index is 12.5. The van der Waals surface area contributed by atoms with Crippen molar-refractivity contribution in [2.75, 3.05) is 0 Å². The average Bonchev–Trinajstić information content (AvgIpc) is 2.10. The zero-order valence-corrected chi connectivity index (χ0v) is 9.11. The number of rotatable bonds is 2. The summed E-state index contributed by atoms with van der Waals surface area (Å²) in [5, 5.41) is 8.31. The highest BCUT2D eigenvalue weighted by Crippen LogP contribution is 2.34. The van der Waals surface area contributed by atoms with Gasteiger partial charge in [0, 0.05) is 11.8 Å². The molecule has 0 unspecified atom stereocenters. The van der Waals surface area contributed by atoms with E-state index in [-0.39, 0.29) is 21.6 Å². The molecule has 0 amide bonds. The van der Waals surface area contributed by atoms with Crippen molar-refractivity contribution < 1.29 is 8.78 Å². The van der Waals surface area contributed by atoms with Crippen LogP contribution in [0.2, 0.25) is 5.02 Å². The smallest absolute Gasteiger partial charge is 0.248 e. The van der Waals surface area contributed by atoms with Crippen LogP contribution in [0.25, 0.3) is 0 Å². The molecule has 0 saturated carbocycles. The summed E-state index contributed by atoms with van der Waals surface area (Å²) in [7, 11) is 0. The third kappa shape index (κ3) is 2.20. The Hall–Kier alpha value is -0.730. The van der Waals surface area contributed by atoms with Gasteiger partial charge in [0.2, 0.25) is 0 Å². The summed E-state index contributed by atoms with van der Waals surface area (Å²) < 4.78 is 25.0. The molecule has 0 spiro atoms. The van der Waals surface area contributed by atoms with E-state index in [0.29, 0.717) is 5.56 Å². The van der Waals surface area contributed by atoms with Crippen LogP contribution in [0.4, 0.5) is 8.78 Å². The van der Waals surface area contributed by atoms with E-state index in [4.69, 9.17) is 16.9 Å². The number of nitrogens with zero attached hydrogens (tertiary/aromatic N) is 2. The summed E-state index contributed by atoms with van der Waals surface area (Å²) >= 11 is 8.56. The van der Waals surface area contributed by atoms with E-state index in [1.54, 1.807) is 0 Å². The molecule has 2 nitrogen and oxygen atoms in total. The third-order valence-corrected chi connectivity index (χ3v) is 2.64. The molecule has 1 heterocycles. The molecule has 0 saturated heterocycles. The van der Waals surface area contributed by atoms with Gasteiger partial charge < -0.3 is 0 Å². The molecule has 6 heteroatoms. The van der Waals surface area contributed by atoms with Crippen molar-refractivity contribution in [1.29, 1.82) is 5.26 Å². The molecular weight excluding hydrogens is 277 g/mol. The summed E-state index contributed by atoms with van der Waals surface area (Å²) in [6, 6.07) is 1.83. The Kier molecular flexibility index (Phi) is 3.78. The highest BCUT2D eigenvalue weighted by atomic mass is 79.9. The summed E-state index contributed by atoms with van der Waals surface area (Å²) in [5.41, 5.74) is -0.0490. The molecule has 0 aliphatic rings. The van der Waals surface area contributed by atoms with Crippen LogP contribution in [0.5, 0.6) is 0 Å². The van der Waals surface area contributed by atoms with Gasteiger partial charge in [0.1, 0.15) is 4.60 Å². The van der Waals surface area contributed by atoms with E-state index in [2.05, 4.69) is 20.9 Å². The first-order valence-electron chi connectivity index (χ1n) is 3.55. The van der Waals surface area contributed by atoms with E-state index in [0.717, 1.165) is 0 Å². The standard InChI is InChI=1S/C8H4BrClF2N2/c9-7-5(8(11)12)6(10)4(1-2-13)3-14-7/h3,8H,1H2. The predicted molar refractivity (Wildman–Crippen MR) is 51.2 cm³/mol. The molecule has 0 fully saturated rings. The minimum atomic E-state index is -2.71. The normalized spacial score (nSPS) is 10.3. The summed E-state index contributed by atoms with van der Waals surface area (Å²) in [5.74, 6) is 0. The van der Waals surface area contributed by atoms with Crippen molar-refractivity contribution in [2.45, 2.75) is 12.8 Å². The number of hydrogen-bond donors (Lipinski definition) is 0. The number of hydrogen-bond acceptors (Lipinski definition) is 2. The van der Waals surface area contributed by atoms with Crippen molar-refractivity contribution in [2.24, 2.45) is 0 Å². The van der Waals surface area contributed by atoms with Crippen molar-refractivity contribution in [3.8, 4) is 6.07 Å². The highest BCUT2D eigenvalue weighted by Gasteiger charge is 2.19. The van der Waals surface area contributed by atoms with E-state index in [1.165, 1.54) is 6.20 Å². The minimum Gasteiger partial charge on any atom is -0.248 e. The third-order valence-electron chi connectivity index (χ3n) is 1.56. The van der Waals surface area contributed by atoms with Crippen LogP contribution in [-0.4, -0.2) is 4.98 Å². The lowest BCUT2D eigenvalue weighted by atomic mass is 10.1. The molecule has 0 radical (unpaired) electrons. The fraction of sp³-hybridized carbons (Fsp3) is 0.250. The second-order valence-corrected chi connectivity index (χ2v) is 3.57. The quantitative estimate of drug-likeness (QED) is 0.778. The van der Waals surface area contributed by atoms with Crippen LogP contribution in [-0.2, 0) is 6.42 Å². The van der Waals surface area contributed by atoms with Gasteiger partial charge in [-0.1, -0.05) is 11.6 Å². The topological polar surface area (TPSA) is 36.7 Å². The van der Waals surface area contributed by atoms with Gasteiger partial charge in [-0.15, -0.1) is 0 Å². The molecule has 0 atom stereocenters. The van der Waals surface area contributed by atoms with Crippen LogP contribution >= 0.6 is 27.5 Å². The van der Waals surface area contributed by atoms with E-state index in [1.807, 2.05) is 6.07 Å². The largest absolute Gasteiger partial charge is 0.267 e. The molecular formula is C8H4BrClF2N2. The zero-order valence-electron chi connectivity index (χ0n) is 6.77. The van der Waals surface area contributed by atoms with Crippen molar-refractivity contribution in [1.82, 2.24) is 4.98 Å². The summed E-state index contributed by atoms with van der Waals surface area (Å²) in [6.07, 6.45) is -1.43. The van der Waals surface area contributed by atoms with Crippen LogP contribution in [0.15, 0.2) is 10.8 Å².